The van der Waals surface area contributed by atoms with E-state index in [1.165, 1.54) is 29.5 Å². The maximum atomic E-state index is 12.0. The monoisotopic (exact) mass is 326 g/mol. The fourth-order valence-electron chi connectivity index (χ4n) is 1.92. The Balaban J connectivity index is 1.88. The van der Waals surface area contributed by atoms with Crippen molar-refractivity contribution < 1.29 is 4.92 Å². The molecular weight excluding hydrogens is 316 g/mol. The van der Waals surface area contributed by atoms with Gasteiger partial charge in [0.15, 0.2) is 0 Å². The lowest BCUT2D eigenvalue weighted by molar-refractivity contribution is -0.384. The smallest absolute Gasteiger partial charge is 0.267 e. The van der Waals surface area contributed by atoms with Crippen LogP contribution in [0.25, 0.3) is 10.1 Å². The molecule has 0 saturated heterocycles. The minimum absolute atomic E-state index is 0.133. The summed E-state index contributed by atoms with van der Waals surface area (Å²) in [6, 6.07) is 13.6. The highest BCUT2D eigenvalue weighted by Gasteiger charge is 2.10. The molecule has 2 aromatic carbocycles. The lowest BCUT2D eigenvalue weighted by atomic mass is 10.2. The Hall–Kier alpha value is -3.13. The second-order valence-corrected chi connectivity index (χ2v) is 5.57. The molecule has 0 aliphatic carbocycles. The summed E-state index contributed by atoms with van der Waals surface area (Å²) >= 11 is 1.20. The van der Waals surface area contributed by atoms with Crippen molar-refractivity contribution in [3.8, 4) is 0 Å². The highest BCUT2D eigenvalue weighted by Crippen LogP contribution is 2.24. The van der Waals surface area contributed by atoms with E-state index in [1.807, 2.05) is 30.3 Å². The number of hydrazone groups is 1. The van der Waals surface area contributed by atoms with Crippen molar-refractivity contribution in [3.63, 3.8) is 0 Å². The van der Waals surface area contributed by atoms with E-state index in [-0.39, 0.29) is 11.1 Å². The Kier molecular flexibility index (Phi) is 4.07. The van der Waals surface area contributed by atoms with E-state index in [0.717, 1.165) is 5.56 Å². The zero-order valence-electron chi connectivity index (χ0n) is 11.7. The molecule has 1 N–H and O–H groups in total. The van der Waals surface area contributed by atoms with Gasteiger partial charge in [0.2, 0.25) is 5.13 Å². The van der Waals surface area contributed by atoms with Crippen LogP contribution in [0.2, 0.25) is 0 Å². The van der Waals surface area contributed by atoms with Crippen LogP contribution >= 0.6 is 11.3 Å². The van der Waals surface area contributed by atoms with E-state index in [9.17, 15) is 14.9 Å². The van der Waals surface area contributed by atoms with Gasteiger partial charge in [0.1, 0.15) is 0 Å². The van der Waals surface area contributed by atoms with Gasteiger partial charge in [0.25, 0.3) is 11.2 Å². The summed E-state index contributed by atoms with van der Waals surface area (Å²) in [5, 5.41) is 15.3. The lowest BCUT2D eigenvalue weighted by Gasteiger charge is -2.00. The highest BCUT2D eigenvalue weighted by molar-refractivity contribution is 7.21. The van der Waals surface area contributed by atoms with Gasteiger partial charge in [-0.25, -0.2) is 0 Å². The average Bonchev–Trinajstić information content (AvgIpc) is 2.55. The van der Waals surface area contributed by atoms with Crippen molar-refractivity contribution in [1.29, 1.82) is 0 Å². The van der Waals surface area contributed by atoms with Gasteiger partial charge in [0.05, 0.1) is 16.5 Å². The first kappa shape index (κ1) is 14.8. The third kappa shape index (κ3) is 3.38. The second-order valence-electron chi connectivity index (χ2n) is 4.54. The molecule has 0 aliphatic rings. The lowest BCUT2D eigenvalue weighted by Crippen LogP contribution is -2.07. The molecule has 3 aromatic rings. The minimum Gasteiger partial charge on any atom is -0.267 e. The van der Waals surface area contributed by atoms with Crippen LogP contribution in [0.4, 0.5) is 10.8 Å². The number of nitro benzene ring substituents is 1. The van der Waals surface area contributed by atoms with Crippen LogP contribution in [-0.2, 0) is 0 Å². The van der Waals surface area contributed by atoms with Crippen molar-refractivity contribution in [2.45, 2.75) is 0 Å². The molecule has 7 nitrogen and oxygen atoms in total. The first-order valence-electron chi connectivity index (χ1n) is 6.57. The molecule has 0 radical (unpaired) electrons. The van der Waals surface area contributed by atoms with Crippen LogP contribution in [-0.4, -0.2) is 16.1 Å². The normalized spacial score (nSPS) is 11.0. The number of rotatable bonds is 4. The zero-order chi connectivity index (χ0) is 16.2. The highest BCUT2D eigenvalue weighted by atomic mass is 32.1. The fraction of sp³-hybridized carbons (Fsp3) is 0. The Morgan fingerprint density at radius 2 is 2.00 bits per heavy atom. The van der Waals surface area contributed by atoms with E-state index < -0.39 is 10.5 Å². The van der Waals surface area contributed by atoms with Crippen LogP contribution in [0.3, 0.4) is 0 Å². The van der Waals surface area contributed by atoms with Crippen LogP contribution in [0, 0.1) is 10.1 Å². The van der Waals surface area contributed by atoms with Crippen LogP contribution < -0.4 is 11.0 Å². The van der Waals surface area contributed by atoms with Crippen molar-refractivity contribution in [2.75, 3.05) is 5.43 Å². The van der Waals surface area contributed by atoms with Crippen LogP contribution in [0.15, 0.2) is 58.4 Å². The van der Waals surface area contributed by atoms with Gasteiger partial charge in [-0.15, -0.1) is 0 Å². The van der Waals surface area contributed by atoms with E-state index >= 15 is 0 Å². The molecule has 0 fully saturated rings. The molecule has 0 saturated carbocycles. The third-order valence-electron chi connectivity index (χ3n) is 2.99. The van der Waals surface area contributed by atoms with Gasteiger partial charge in [-0.05, 0) is 11.6 Å². The van der Waals surface area contributed by atoms with Crippen molar-refractivity contribution in [2.24, 2.45) is 5.10 Å². The summed E-state index contributed by atoms with van der Waals surface area (Å²) in [7, 11) is 0. The van der Waals surface area contributed by atoms with Crippen molar-refractivity contribution in [1.82, 2.24) is 4.98 Å². The molecule has 0 spiro atoms. The number of hydrogen-bond donors (Lipinski definition) is 1. The van der Waals surface area contributed by atoms with Gasteiger partial charge in [-0.1, -0.05) is 41.7 Å². The maximum absolute atomic E-state index is 12.0. The summed E-state index contributed by atoms with van der Waals surface area (Å²) in [6.07, 6.45) is 1.61. The summed E-state index contributed by atoms with van der Waals surface area (Å²) < 4.78 is 0.605. The minimum atomic E-state index is -0.542. The number of nitrogens with one attached hydrogen (secondary N) is 1. The van der Waals surface area contributed by atoms with Crippen molar-refractivity contribution in [3.05, 3.63) is 74.6 Å². The quantitative estimate of drug-likeness (QED) is 0.451. The summed E-state index contributed by atoms with van der Waals surface area (Å²) in [5.41, 5.74) is 2.95. The molecular formula is C15H10N4O3S. The number of fused-ring (bicyclic) bond motifs is 1. The van der Waals surface area contributed by atoms with E-state index in [2.05, 4.69) is 15.5 Å². The Morgan fingerprint density at radius 3 is 2.74 bits per heavy atom. The average molecular weight is 326 g/mol. The number of anilines is 1. The van der Waals surface area contributed by atoms with E-state index in [0.29, 0.717) is 9.83 Å². The topological polar surface area (TPSA) is 97.5 Å². The number of nitrogens with zero attached hydrogens (tertiary/aromatic N) is 3. The van der Waals surface area contributed by atoms with E-state index in [4.69, 9.17) is 0 Å². The maximum Gasteiger partial charge on any atom is 0.281 e. The Morgan fingerprint density at radius 1 is 1.22 bits per heavy atom. The first-order valence-corrected chi connectivity index (χ1v) is 7.38. The number of aromatic nitrogens is 1. The summed E-state index contributed by atoms with van der Waals surface area (Å²) in [4.78, 5) is 26.0. The summed E-state index contributed by atoms with van der Waals surface area (Å²) in [6.45, 7) is 0. The van der Waals surface area contributed by atoms with Gasteiger partial charge in [-0.2, -0.15) is 10.1 Å². The Bertz CT molecular complexity index is 954. The largest absolute Gasteiger partial charge is 0.281 e. The van der Waals surface area contributed by atoms with Gasteiger partial charge < -0.3 is 0 Å². The van der Waals surface area contributed by atoms with Gasteiger partial charge in [0, 0.05) is 16.8 Å². The molecule has 3 rings (SSSR count). The van der Waals surface area contributed by atoms with E-state index in [1.54, 1.807) is 6.21 Å². The SMILES string of the molecule is O=c1nc(N/N=C\c2ccccc2)sc2ccc([N+](=O)[O-])cc12. The zero-order valence-corrected chi connectivity index (χ0v) is 12.5. The molecule has 0 atom stereocenters. The molecule has 1 heterocycles. The van der Waals surface area contributed by atoms with Gasteiger partial charge in [-0.3, -0.25) is 20.3 Å². The fourth-order valence-corrected chi connectivity index (χ4v) is 2.74. The molecule has 0 bridgehead atoms. The number of benzene rings is 2. The number of hydrogen-bond acceptors (Lipinski definition) is 7. The van der Waals surface area contributed by atoms with Gasteiger partial charge >= 0.3 is 0 Å². The molecule has 8 heteroatoms. The Labute approximate surface area is 134 Å². The molecule has 0 aliphatic heterocycles. The van der Waals surface area contributed by atoms with Crippen molar-refractivity contribution >= 4 is 38.5 Å². The molecule has 0 unspecified atom stereocenters. The second kappa shape index (κ2) is 6.32. The number of non-ortho nitro benzene ring substituents is 1. The molecule has 114 valence electrons. The predicted molar refractivity (Wildman–Crippen MR) is 90.2 cm³/mol. The number of nitro groups is 1. The summed E-state index contributed by atoms with van der Waals surface area (Å²) in [5.74, 6) is 0. The molecule has 23 heavy (non-hydrogen) atoms. The van der Waals surface area contributed by atoms with Crippen LogP contribution in [0.5, 0.6) is 0 Å². The standard InChI is InChI=1S/C15H10N4O3S/c20-14-12-8-11(19(21)22)6-7-13(12)23-15(17-14)18-16-9-10-4-2-1-3-5-10/h1-9H,(H,17,18,20)/b16-9-. The molecule has 0 amide bonds. The van der Waals surface area contributed by atoms with Crippen LogP contribution in [0.1, 0.15) is 5.56 Å². The molecule has 1 aromatic heterocycles. The predicted octanol–water partition coefficient (Wildman–Crippen LogP) is 3.01. The third-order valence-corrected chi connectivity index (χ3v) is 3.94. The first-order chi connectivity index (χ1) is 11.1.